The van der Waals surface area contributed by atoms with Crippen LogP contribution < -0.4 is 10.0 Å². The van der Waals surface area contributed by atoms with E-state index in [9.17, 15) is 18.0 Å². The van der Waals surface area contributed by atoms with Crippen molar-refractivity contribution in [1.29, 1.82) is 0 Å². The fourth-order valence-corrected chi connectivity index (χ4v) is 3.80. The molecular weight excluding hydrogens is 358 g/mol. The van der Waals surface area contributed by atoms with Gasteiger partial charge in [-0.05, 0) is 25.5 Å². The summed E-state index contributed by atoms with van der Waals surface area (Å²) in [5, 5.41) is 2.74. The number of esters is 1. The molecule has 1 aliphatic rings. The van der Waals surface area contributed by atoms with E-state index in [-0.39, 0.29) is 42.3 Å². The number of amides is 1. The predicted molar refractivity (Wildman–Crippen MR) is 96.3 cm³/mol. The summed E-state index contributed by atoms with van der Waals surface area (Å²) in [5.41, 5.74) is 0.477. The average Bonchev–Trinajstić information content (AvgIpc) is 2.84. The average molecular weight is 381 g/mol. The van der Waals surface area contributed by atoms with Crippen LogP contribution in [-0.4, -0.2) is 45.3 Å². The molecule has 1 aromatic rings. The Labute approximate surface area is 153 Å². The first-order chi connectivity index (χ1) is 12.3. The van der Waals surface area contributed by atoms with E-state index in [0.29, 0.717) is 5.56 Å². The molecule has 1 aromatic carbocycles. The summed E-state index contributed by atoms with van der Waals surface area (Å²) >= 11 is 0. The van der Waals surface area contributed by atoms with Gasteiger partial charge in [-0.3, -0.25) is 19.3 Å². The molecule has 1 heterocycles. The summed E-state index contributed by atoms with van der Waals surface area (Å²) < 4.78 is 31.1. The number of rotatable bonds is 8. The molecule has 0 spiro atoms. The van der Waals surface area contributed by atoms with Crippen LogP contribution in [0.4, 0.5) is 0 Å². The Balaban J connectivity index is 1.80. The summed E-state index contributed by atoms with van der Waals surface area (Å²) in [6.07, 6.45) is 1.76. The highest BCUT2D eigenvalue weighted by Gasteiger charge is 2.29. The highest BCUT2D eigenvalue weighted by molar-refractivity contribution is 7.90. The van der Waals surface area contributed by atoms with Crippen LogP contribution >= 0.6 is 0 Å². The summed E-state index contributed by atoms with van der Waals surface area (Å²) in [6.45, 7) is 3.63. The second kappa shape index (κ2) is 8.79. The zero-order valence-corrected chi connectivity index (χ0v) is 15.6. The van der Waals surface area contributed by atoms with Crippen molar-refractivity contribution in [2.75, 3.05) is 13.2 Å². The number of benzene rings is 1. The number of fused-ring (bicyclic) bond motifs is 1. The van der Waals surface area contributed by atoms with Gasteiger partial charge >= 0.3 is 5.97 Å². The first-order valence-corrected chi connectivity index (χ1v) is 9.93. The van der Waals surface area contributed by atoms with Crippen molar-refractivity contribution < 1.29 is 22.7 Å². The molecule has 0 bridgehead atoms. The van der Waals surface area contributed by atoms with Gasteiger partial charge in [0, 0.05) is 11.6 Å². The van der Waals surface area contributed by atoms with Crippen LogP contribution in [-0.2, 0) is 24.3 Å². The predicted octanol–water partition coefficient (Wildman–Crippen LogP) is 0.963. The molecule has 1 aliphatic heterocycles. The second-order valence-electron chi connectivity index (χ2n) is 6.00. The van der Waals surface area contributed by atoms with Crippen LogP contribution in [0.25, 0.3) is 0 Å². The number of hydrogen-bond donors (Lipinski definition) is 2. The molecule has 0 saturated heterocycles. The highest BCUT2D eigenvalue weighted by Crippen LogP contribution is 2.22. The fraction of sp³-hybridized carbons (Fsp3) is 0.471. The second-order valence-corrected chi connectivity index (χ2v) is 7.65. The van der Waals surface area contributed by atoms with Gasteiger partial charge in [0.1, 0.15) is 5.84 Å². The third kappa shape index (κ3) is 5.29. The summed E-state index contributed by atoms with van der Waals surface area (Å²) in [7, 11) is -3.59. The van der Waals surface area contributed by atoms with E-state index in [2.05, 4.69) is 15.0 Å². The minimum absolute atomic E-state index is 0.0352. The van der Waals surface area contributed by atoms with Crippen LogP contribution in [0.15, 0.2) is 34.2 Å². The molecule has 1 atom stereocenters. The van der Waals surface area contributed by atoms with Gasteiger partial charge in [-0.2, -0.15) is 0 Å². The largest absolute Gasteiger partial charge is 0.456 e. The van der Waals surface area contributed by atoms with Gasteiger partial charge in [-0.25, -0.2) is 8.42 Å². The topological polar surface area (TPSA) is 114 Å². The normalized spacial score (nSPS) is 17.2. The lowest BCUT2D eigenvalue weighted by molar-refractivity contribution is -0.148. The monoisotopic (exact) mass is 381 g/mol. The SMILES string of the molecule is CCC[C@@H](C)NC(=O)COC(=O)CCN=C1NS(=O)(=O)c2ccccc21. The lowest BCUT2D eigenvalue weighted by Crippen LogP contribution is -2.35. The molecule has 0 aromatic heterocycles. The van der Waals surface area contributed by atoms with Crippen molar-refractivity contribution in [3.05, 3.63) is 29.8 Å². The van der Waals surface area contributed by atoms with E-state index in [1.54, 1.807) is 18.2 Å². The zero-order valence-electron chi connectivity index (χ0n) is 14.8. The van der Waals surface area contributed by atoms with Gasteiger partial charge in [0.15, 0.2) is 6.61 Å². The Morgan fingerprint density at radius 1 is 1.31 bits per heavy atom. The lowest BCUT2D eigenvalue weighted by Gasteiger charge is -2.12. The number of nitrogens with zero attached hydrogens (tertiary/aromatic N) is 1. The summed E-state index contributed by atoms with van der Waals surface area (Å²) in [5.74, 6) is -0.704. The summed E-state index contributed by atoms with van der Waals surface area (Å²) in [6, 6.07) is 6.51. The van der Waals surface area contributed by atoms with Crippen LogP contribution in [0.5, 0.6) is 0 Å². The number of amidine groups is 1. The first-order valence-electron chi connectivity index (χ1n) is 8.45. The van der Waals surface area contributed by atoms with Gasteiger partial charge < -0.3 is 10.1 Å². The minimum atomic E-state index is -3.59. The van der Waals surface area contributed by atoms with Crippen LogP contribution in [0.3, 0.4) is 0 Å². The third-order valence-electron chi connectivity index (χ3n) is 3.74. The molecule has 1 amide bonds. The Morgan fingerprint density at radius 3 is 2.77 bits per heavy atom. The van der Waals surface area contributed by atoms with Gasteiger partial charge in [0.2, 0.25) is 0 Å². The van der Waals surface area contributed by atoms with E-state index < -0.39 is 16.0 Å². The number of nitrogens with one attached hydrogen (secondary N) is 2. The maximum Gasteiger partial charge on any atom is 0.308 e. The smallest absolute Gasteiger partial charge is 0.308 e. The van der Waals surface area contributed by atoms with E-state index >= 15 is 0 Å². The molecule has 8 nitrogen and oxygen atoms in total. The Morgan fingerprint density at radius 2 is 2.04 bits per heavy atom. The fourth-order valence-electron chi connectivity index (χ4n) is 2.55. The van der Waals surface area contributed by atoms with E-state index in [1.807, 2.05) is 13.8 Å². The Hall–Kier alpha value is -2.42. The van der Waals surface area contributed by atoms with Crippen molar-refractivity contribution >= 4 is 27.7 Å². The molecule has 26 heavy (non-hydrogen) atoms. The molecule has 0 saturated carbocycles. The Kier molecular flexibility index (Phi) is 6.73. The quantitative estimate of drug-likeness (QED) is 0.651. The molecule has 9 heteroatoms. The number of sulfonamides is 1. The van der Waals surface area contributed by atoms with Gasteiger partial charge in [0.05, 0.1) is 17.9 Å². The maximum atomic E-state index is 11.9. The maximum absolute atomic E-state index is 11.9. The van der Waals surface area contributed by atoms with Gasteiger partial charge in [0.25, 0.3) is 15.9 Å². The number of carbonyl (C=O) groups excluding carboxylic acids is 2. The number of aliphatic imine (C=N–C) groups is 1. The molecule has 0 fully saturated rings. The van der Waals surface area contributed by atoms with Crippen LogP contribution in [0, 0.1) is 0 Å². The van der Waals surface area contributed by atoms with Crippen molar-refractivity contribution in [2.24, 2.45) is 4.99 Å². The Bertz CT molecular complexity index is 804. The molecular formula is C17H23N3O5S. The summed E-state index contributed by atoms with van der Waals surface area (Å²) in [4.78, 5) is 27.6. The van der Waals surface area contributed by atoms with E-state index in [1.165, 1.54) is 6.07 Å². The highest BCUT2D eigenvalue weighted by atomic mass is 32.2. The zero-order chi connectivity index (χ0) is 19.2. The minimum Gasteiger partial charge on any atom is -0.456 e. The van der Waals surface area contributed by atoms with Gasteiger partial charge in [-0.1, -0.05) is 25.5 Å². The molecule has 0 aliphatic carbocycles. The lowest BCUT2D eigenvalue weighted by atomic mass is 10.2. The van der Waals surface area contributed by atoms with Crippen molar-refractivity contribution in [1.82, 2.24) is 10.0 Å². The van der Waals surface area contributed by atoms with Crippen molar-refractivity contribution in [3.63, 3.8) is 0 Å². The molecule has 2 N–H and O–H groups in total. The molecule has 0 radical (unpaired) electrons. The molecule has 2 rings (SSSR count). The van der Waals surface area contributed by atoms with Crippen molar-refractivity contribution in [2.45, 2.75) is 44.0 Å². The van der Waals surface area contributed by atoms with Crippen LogP contribution in [0.2, 0.25) is 0 Å². The van der Waals surface area contributed by atoms with E-state index in [4.69, 9.17) is 4.74 Å². The molecule has 142 valence electrons. The van der Waals surface area contributed by atoms with E-state index in [0.717, 1.165) is 12.8 Å². The number of ether oxygens (including phenoxy) is 1. The third-order valence-corrected chi connectivity index (χ3v) is 5.14. The van der Waals surface area contributed by atoms with Crippen LogP contribution in [0.1, 0.15) is 38.7 Å². The molecule has 0 unspecified atom stereocenters. The number of carbonyl (C=O) groups is 2. The number of hydrogen-bond acceptors (Lipinski definition) is 6. The first kappa shape index (κ1) is 19.9. The standard InChI is InChI=1S/C17H23N3O5S/c1-3-6-12(2)19-15(21)11-25-16(22)9-10-18-17-13-7-4-5-8-14(13)26(23,24)20-17/h4-5,7-8,12H,3,6,9-11H2,1-2H3,(H,18,20)(H,19,21)/t12-/m1/s1. The van der Waals surface area contributed by atoms with Gasteiger partial charge in [-0.15, -0.1) is 0 Å². The van der Waals surface area contributed by atoms with Crippen molar-refractivity contribution in [3.8, 4) is 0 Å².